The van der Waals surface area contributed by atoms with E-state index in [9.17, 15) is 44.7 Å². The van der Waals surface area contributed by atoms with Gasteiger partial charge in [0.15, 0.2) is 37.1 Å². The molecule has 9 aromatic rings. The molecule has 6 aromatic carbocycles. The van der Waals surface area contributed by atoms with E-state index in [2.05, 4.69) is 29.9 Å². The first-order valence-corrected chi connectivity index (χ1v) is 24.8. The van der Waals surface area contributed by atoms with E-state index >= 15 is 0 Å². The SMILES string of the molecule is COc1ccc(-c2nc(Cl)nc3ccc(OCC(N)=O)cc23)cc1[N+](=O)[O-].COc1ccc(-c2nc(N)nc3ccc(OCC(N)=O)cc23)cc1[N+](=O)[O-].COc1ccc(B(O)O)cc1[N+](=O)[O-].N.NC(=O)COc1ccc2nc(Cl)nc(Cl)c2c1.[HH]. The largest absolute Gasteiger partial charge is 0.490 e. The number of carbonyl (C=O) groups is 3. The topological polar surface area (TPSA) is 493 Å². The van der Waals surface area contributed by atoms with Gasteiger partial charge in [-0.1, -0.05) is 17.7 Å². The number of nitro benzene ring substituents is 3. The molecule has 0 spiro atoms. The molecule has 35 heteroatoms. The highest BCUT2D eigenvalue weighted by Gasteiger charge is 2.22. The fourth-order valence-electron chi connectivity index (χ4n) is 7.39. The minimum Gasteiger partial charge on any atom is -0.490 e. The number of ether oxygens (including phenoxy) is 6. The highest BCUT2D eigenvalue weighted by atomic mass is 35.5. The van der Waals surface area contributed by atoms with Gasteiger partial charge in [0.05, 0.1) is 64.0 Å². The third kappa shape index (κ3) is 17.5. The fraction of sp³-hybridized carbons (Fsp3) is 0.118. The van der Waals surface area contributed by atoms with Gasteiger partial charge in [-0.2, -0.15) is 0 Å². The van der Waals surface area contributed by atoms with Gasteiger partial charge in [-0.3, -0.25) is 44.7 Å². The molecule has 0 atom stereocenters. The van der Waals surface area contributed by atoms with E-state index in [-0.39, 0.29) is 88.8 Å². The monoisotopic (exact) mass is 1240 g/mol. The summed E-state index contributed by atoms with van der Waals surface area (Å²) >= 11 is 17.6. The van der Waals surface area contributed by atoms with E-state index in [4.69, 9.17) is 96.2 Å². The molecular weight excluding hydrogens is 1200 g/mol. The van der Waals surface area contributed by atoms with Gasteiger partial charge in [0, 0.05) is 46.9 Å². The van der Waals surface area contributed by atoms with Gasteiger partial charge in [0.1, 0.15) is 22.4 Å². The van der Waals surface area contributed by atoms with Gasteiger partial charge in [-0.25, -0.2) is 29.9 Å². The molecule has 86 heavy (non-hydrogen) atoms. The number of nitro groups is 3. The van der Waals surface area contributed by atoms with Gasteiger partial charge in [0.25, 0.3) is 17.7 Å². The first-order valence-electron chi connectivity index (χ1n) is 23.6. The van der Waals surface area contributed by atoms with Crippen molar-refractivity contribution in [3.63, 3.8) is 0 Å². The second kappa shape index (κ2) is 30.1. The van der Waals surface area contributed by atoms with Crippen molar-refractivity contribution < 1.29 is 69.0 Å². The van der Waals surface area contributed by atoms with E-state index < -0.39 is 39.6 Å². The third-order valence-electron chi connectivity index (χ3n) is 11.1. The van der Waals surface area contributed by atoms with Gasteiger partial charge < -0.3 is 67.6 Å². The second-order valence-corrected chi connectivity index (χ2v) is 17.7. The van der Waals surface area contributed by atoms with Crippen molar-refractivity contribution in [3.8, 4) is 57.0 Å². The molecule has 3 heterocycles. The van der Waals surface area contributed by atoms with Crippen LogP contribution in [0, 0.1) is 30.3 Å². The van der Waals surface area contributed by atoms with Gasteiger partial charge >= 0.3 is 24.2 Å². The number of nitrogens with two attached hydrogens (primary N) is 4. The number of halogens is 3. The van der Waals surface area contributed by atoms with Crippen molar-refractivity contribution in [2.45, 2.75) is 0 Å². The summed E-state index contributed by atoms with van der Waals surface area (Å²) in [4.78, 5) is 88.3. The molecule has 13 N–H and O–H groups in total. The molecule has 9 rings (SSSR count). The Hall–Kier alpha value is -10.6. The van der Waals surface area contributed by atoms with Crippen LogP contribution in [0.5, 0.6) is 34.5 Å². The van der Waals surface area contributed by atoms with Crippen LogP contribution in [-0.4, -0.2) is 121 Å². The van der Waals surface area contributed by atoms with E-state index in [0.29, 0.717) is 72.5 Å². The predicted octanol–water partition coefficient (Wildman–Crippen LogP) is 5.88. The van der Waals surface area contributed by atoms with Crippen molar-refractivity contribution in [1.82, 2.24) is 36.1 Å². The van der Waals surface area contributed by atoms with Gasteiger partial charge in [0.2, 0.25) is 16.5 Å². The Morgan fingerprint density at radius 1 is 0.512 bits per heavy atom. The molecule has 0 saturated carbocycles. The molecule has 0 saturated heterocycles. The number of nitrogen functional groups attached to an aromatic ring is 1. The number of hydrogen-bond acceptors (Lipinski definition) is 25. The summed E-state index contributed by atoms with van der Waals surface area (Å²) in [6.07, 6.45) is 0. The summed E-state index contributed by atoms with van der Waals surface area (Å²) < 4.78 is 30.5. The predicted molar refractivity (Wildman–Crippen MR) is 316 cm³/mol. The fourth-order valence-corrected chi connectivity index (χ4v) is 8.02. The zero-order chi connectivity index (χ0) is 62.2. The standard InChI is InChI=1S/C17H13ClN4O5.C17H15N5O5.C10H7Cl2N3O2.C7H8BNO5.H3N.H2/c1-26-14-5-2-9(6-13(14)22(24)25)16-11-7-10(27-8-15(19)23)3-4-12(11)20-17(18)21-16;1-26-14-5-2-9(6-13(14)22(24)25)16-11-7-10(27-8-15(18)23)3-4-12(11)20-17(19)21-16;11-9-6-3-5(17-4-8(13)16)1-2-7(6)14-10(12)15-9;1-14-7-3-2-5(8(10)11)4-6(7)9(12)13;;/h2-7H,8H2,1H3,(H2,19,23);2-7H,8H2,1H3,(H2,18,23)(H2,19,20,21);1-3H,4H2,(H2,13,16);2-4,10-11H,1H3;1H3;1H. The van der Waals surface area contributed by atoms with Crippen molar-refractivity contribution in [3.05, 3.63) is 155 Å². The molecule has 0 aliphatic carbocycles. The average molecular weight is 1250 g/mol. The number of fused-ring (bicyclic) bond motifs is 3. The number of aromatic nitrogens is 6. The molecule has 3 aromatic heterocycles. The Kier molecular flexibility index (Phi) is 23.1. The van der Waals surface area contributed by atoms with Gasteiger partial charge in [-0.15, -0.1) is 0 Å². The first-order chi connectivity index (χ1) is 40.4. The van der Waals surface area contributed by atoms with Crippen molar-refractivity contribution in [2.24, 2.45) is 17.2 Å². The lowest BCUT2D eigenvalue weighted by Gasteiger charge is -2.10. The Balaban J connectivity index is 0.000000255. The van der Waals surface area contributed by atoms with Crippen LogP contribution >= 0.6 is 34.8 Å². The Morgan fingerprint density at radius 3 is 1.27 bits per heavy atom. The van der Waals surface area contributed by atoms with Crippen LogP contribution < -0.4 is 63.0 Å². The number of benzene rings is 6. The number of rotatable bonds is 18. The maximum Gasteiger partial charge on any atom is 0.488 e. The van der Waals surface area contributed by atoms with Crippen LogP contribution in [-0.2, 0) is 14.4 Å². The quantitative estimate of drug-likeness (QED) is 0.0173. The maximum absolute atomic E-state index is 11.3. The summed E-state index contributed by atoms with van der Waals surface area (Å²) in [6.45, 7) is -0.772. The van der Waals surface area contributed by atoms with E-state index in [1.54, 1.807) is 66.7 Å². The number of carbonyl (C=O) groups excluding carboxylic acids is 3. The van der Waals surface area contributed by atoms with Gasteiger partial charge in [-0.05, 0) is 114 Å². The highest BCUT2D eigenvalue weighted by molar-refractivity contribution is 6.58. The third-order valence-corrected chi connectivity index (χ3v) is 11.7. The highest BCUT2D eigenvalue weighted by Crippen LogP contribution is 2.38. The molecule has 448 valence electrons. The summed E-state index contributed by atoms with van der Waals surface area (Å²) in [5.74, 6) is -0.230. The number of nitrogens with zero attached hydrogens (tertiary/aromatic N) is 9. The van der Waals surface area contributed by atoms with Crippen LogP contribution in [0.4, 0.5) is 23.0 Å². The molecule has 0 radical (unpaired) electrons. The molecule has 0 aliphatic heterocycles. The lowest BCUT2D eigenvalue weighted by molar-refractivity contribution is -0.385. The normalized spacial score (nSPS) is 10.3. The molecule has 3 amide bonds. The summed E-state index contributed by atoms with van der Waals surface area (Å²) in [5.41, 5.74) is 23.5. The van der Waals surface area contributed by atoms with Crippen LogP contribution in [0.1, 0.15) is 1.43 Å². The average Bonchev–Trinajstić information content (AvgIpc) is 2.28. The zero-order valence-electron chi connectivity index (χ0n) is 44.8. The summed E-state index contributed by atoms with van der Waals surface area (Å²) in [5, 5.41) is 52.7. The number of methoxy groups -OCH3 is 3. The lowest BCUT2D eigenvalue weighted by Crippen LogP contribution is -2.29. The number of primary amides is 3. The zero-order valence-corrected chi connectivity index (χ0v) is 47.1. The molecule has 31 nitrogen and oxygen atoms in total. The Labute approximate surface area is 500 Å². The number of hydrogen-bond donors (Lipinski definition) is 7. The van der Waals surface area contributed by atoms with Crippen LogP contribution in [0.25, 0.3) is 55.2 Å². The minimum absolute atomic E-state index is 0. The maximum atomic E-state index is 11.3. The van der Waals surface area contributed by atoms with E-state index in [1.807, 2.05) is 0 Å². The lowest BCUT2D eigenvalue weighted by atomic mass is 9.80. The van der Waals surface area contributed by atoms with Crippen LogP contribution in [0.2, 0.25) is 15.7 Å². The molecular formula is C51H48BCl3N14O17. The Morgan fingerprint density at radius 2 is 0.872 bits per heavy atom. The molecule has 0 bridgehead atoms. The van der Waals surface area contributed by atoms with Crippen molar-refractivity contribution >= 4 is 121 Å². The molecule has 0 unspecified atom stereocenters. The summed E-state index contributed by atoms with van der Waals surface area (Å²) in [7, 11) is 2.28. The van der Waals surface area contributed by atoms with E-state index in [0.717, 1.165) is 6.07 Å². The summed E-state index contributed by atoms with van der Waals surface area (Å²) in [6, 6.07) is 27.3. The first kappa shape index (κ1) is 66.2. The second-order valence-electron chi connectivity index (χ2n) is 16.7. The Bertz CT molecular complexity index is 3880. The number of amides is 3. The smallest absolute Gasteiger partial charge is 0.488 e. The van der Waals surface area contributed by atoms with Crippen molar-refractivity contribution in [2.75, 3.05) is 46.9 Å². The number of anilines is 1. The van der Waals surface area contributed by atoms with Crippen LogP contribution in [0.15, 0.2) is 109 Å². The van der Waals surface area contributed by atoms with E-state index in [1.165, 1.54) is 57.7 Å². The van der Waals surface area contributed by atoms with Crippen molar-refractivity contribution in [1.29, 1.82) is 0 Å². The molecule has 0 fully saturated rings. The molecule has 0 aliphatic rings. The minimum atomic E-state index is -1.72. The van der Waals surface area contributed by atoms with Crippen LogP contribution in [0.3, 0.4) is 0 Å².